The van der Waals surface area contributed by atoms with Crippen LogP contribution in [0.3, 0.4) is 0 Å². The van der Waals surface area contributed by atoms with Crippen molar-refractivity contribution in [2.75, 3.05) is 18.1 Å². The first-order valence-electron chi connectivity index (χ1n) is 7.15. The highest BCUT2D eigenvalue weighted by molar-refractivity contribution is 7.99. The maximum atomic E-state index is 10.3. The van der Waals surface area contributed by atoms with E-state index >= 15 is 0 Å². The SMILES string of the molecule is CCSCCC(O)C1CCOC2(CCCC2)C1. The zero-order valence-electron chi connectivity index (χ0n) is 11.0. The number of hydrogen-bond donors (Lipinski definition) is 1. The monoisotopic (exact) mass is 258 g/mol. The van der Waals surface area contributed by atoms with Crippen LogP contribution >= 0.6 is 11.8 Å². The molecule has 1 aliphatic carbocycles. The van der Waals surface area contributed by atoms with Crippen molar-refractivity contribution < 1.29 is 9.84 Å². The highest BCUT2D eigenvalue weighted by Gasteiger charge is 2.41. The molecule has 2 atom stereocenters. The van der Waals surface area contributed by atoms with Crippen LogP contribution in [-0.4, -0.2) is 34.9 Å². The minimum absolute atomic E-state index is 0.101. The molecule has 17 heavy (non-hydrogen) atoms. The first-order chi connectivity index (χ1) is 8.26. The average Bonchev–Trinajstić information content (AvgIpc) is 2.77. The summed E-state index contributed by atoms with van der Waals surface area (Å²) in [6, 6.07) is 0. The van der Waals surface area contributed by atoms with Crippen LogP contribution < -0.4 is 0 Å². The van der Waals surface area contributed by atoms with E-state index in [1.807, 2.05) is 11.8 Å². The molecule has 2 nitrogen and oxygen atoms in total. The summed E-state index contributed by atoms with van der Waals surface area (Å²) in [5.41, 5.74) is 0.155. The number of rotatable bonds is 5. The van der Waals surface area contributed by atoms with Gasteiger partial charge in [-0.1, -0.05) is 19.8 Å². The first-order valence-corrected chi connectivity index (χ1v) is 8.31. The third-order valence-corrected chi connectivity index (χ3v) is 5.28. The standard InChI is InChI=1S/C14H26O2S/c1-2-17-10-6-13(15)12-5-9-16-14(11-12)7-3-4-8-14/h12-13,15H,2-11H2,1H3. The topological polar surface area (TPSA) is 29.5 Å². The fourth-order valence-electron chi connectivity index (χ4n) is 3.35. The molecule has 1 saturated heterocycles. The highest BCUT2D eigenvalue weighted by Crippen LogP contribution is 2.43. The Bertz CT molecular complexity index is 226. The summed E-state index contributed by atoms with van der Waals surface area (Å²) in [6.07, 6.45) is 8.09. The van der Waals surface area contributed by atoms with E-state index in [4.69, 9.17) is 4.74 Å². The van der Waals surface area contributed by atoms with E-state index < -0.39 is 0 Å². The maximum Gasteiger partial charge on any atom is 0.0686 e. The Balaban J connectivity index is 1.79. The average molecular weight is 258 g/mol. The van der Waals surface area contributed by atoms with E-state index in [1.54, 1.807) is 0 Å². The molecule has 3 heteroatoms. The largest absolute Gasteiger partial charge is 0.393 e. The fourth-order valence-corrected chi connectivity index (χ4v) is 4.04. The molecule has 0 radical (unpaired) electrons. The predicted octanol–water partition coefficient (Wildman–Crippen LogP) is 3.23. The molecule has 0 aromatic carbocycles. The Kier molecular flexibility index (Phi) is 5.19. The van der Waals surface area contributed by atoms with Crippen molar-refractivity contribution in [1.29, 1.82) is 0 Å². The summed E-state index contributed by atoms with van der Waals surface area (Å²) < 4.78 is 6.02. The number of hydrogen-bond acceptors (Lipinski definition) is 3. The molecule has 1 spiro atoms. The van der Waals surface area contributed by atoms with Gasteiger partial charge in [0.15, 0.2) is 0 Å². The first kappa shape index (κ1) is 13.7. The van der Waals surface area contributed by atoms with Gasteiger partial charge < -0.3 is 9.84 Å². The van der Waals surface area contributed by atoms with E-state index in [1.165, 1.54) is 25.7 Å². The number of aliphatic hydroxyl groups excluding tert-OH is 1. The van der Waals surface area contributed by atoms with Crippen LogP contribution in [0.15, 0.2) is 0 Å². The number of ether oxygens (including phenoxy) is 1. The molecule has 0 aromatic heterocycles. The third kappa shape index (κ3) is 3.62. The smallest absolute Gasteiger partial charge is 0.0686 e. The summed E-state index contributed by atoms with van der Waals surface area (Å²) in [5, 5.41) is 10.3. The zero-order chi connectivity index (χ0) is 12.1. The Morgan fingerprint density at radius 3 is 2.88 bits per heavy atom. The van der Waals surface area contributed by atoms with Crippen LogP contribution in [-0.2, 0) is 4.74 Å². The maximum absolute atomic E-state index is 10.3. The molecule has 1 N–H and O–H groups in total. The second-order valence-corrected chi connectivity index (χ2v) is 6.94. The summed E-state index contributed by atoms with van der Waals surface area (Å²) in [5.74, 6) is 2.74. The second kappa shape index (κ2) is 6.44. The fraction of sp³-hybridized carbons (Fsp3) is 1.00. The van der Waals surface area contributed by atoms with Gasteiger partial charge in [-0.05, 0) is 49.5 Å². The van der Waals surface area contributed by atoms with Crippen molar-refractivity contribution in [1.82, 2.24) is 0 Å². The quantitative estimate of drug-likeness (QED) is 0.768. The molecule has 1 aliphatic heterocycles. The zero-order valence-corrected chi connectivity index (χ0v) is 11.8. The van der Waals surface area contributed by atoms with E-state index in [-0.39, 0.29) is 11.7 Å². The van der Waals surface area contributed by atoms with Gasteiger partial charge >= 0.3 is 0 Å². The molecule has 100 valence electrons. The van der Waals surface area contributed by atoms with Crippen LogP contribution in [0.2, 0.25) is 0 Å². The number of aliphatic hydroxyl groups is 1. The normalized spacial score (nSPS) is 29.6. The Hall–Kier alpha value is 0.270. The predicted molar refractivity (Wildman–Crippen MR) is 73.5 cm³/mol. The van der Waals surface area contributed by atoms with Crippen molar-refractivity contribution in [3.63, 3.8) is 0 Å². The summed E-state index contributed by atoms with van der Waals surface area (Å²) in [6.45, 7) is 3.04. The van der Waals surface area contributed by atoms with Gasteiger partial charge in [0.1, 0.15) is 0 Å². The second-order valence-electron chi connectivity index (χ2n) is 5.54. The molecular weight excluding hydrogens is 232 g/mol. The molecule has 2 aliphatic rings. The van der Waals surface area contributed by atoms with Crippen LogP contribution in [0.4, 0.5) is 0 Å². The molecule has 2 fully saturated rings. The van der Waals surface area contributed by atoms with E-state index in [9.17, 15) is 5.11 Å². The van der Waals surface area contributed by atoms with E-state index in [0.29, 0.717) is 5.92 Å². The van der Waals surface area contributed by atoms with E-state index in [2.05, 4.69) is 6.92 Å². The summed E-state index contributed by atoms with van der Waals surface area (Å²) in [4.78, 5) is 0. The van der Waals surface area contributed by atoms with Crippen LogP contribution in [0.5, 0.6) is 0 Å². The lowest BCUT2D eigenvalue weighted by atomic mass is 9.81. The third-order valence-electron chi connectivity index (χ3n) is 4.35. The summed E-state index contributed by atoms with van der Waals surface area (Å²) in [7, 11) is 0. The van der Waals surface area contributed by atoms with Crippen molar-refractivity contribution in [3.8, 4) is 0 Å². The Morgan fingerprint density at radius 1 is 1.41 bits per heavy atom. The molecule has 2 unspecified atom stereocenters. The van der Waals surface area contributed by atoms with Gasteiger partial charge in [-0.3, -0.25) is 0 Å². The van der Waals surface area contributed by atoms with Crippen LogP contribution in [0.25, 0.3) is 0 Å². The molecule has 0 aromatic rings. The molecule has 1 saturated carbocycles. The summed E-state index contributed by atoms with van der Waals surface area (Å²) >= 11 is 1.93. The lowest BCUT2D eigenvalue weighted by Gasteiger charge is -2.40. The minimum atomic E-state index is -0.101. The Morgan fingerprint density at radius 2 is 2.18 bits per heavy atom. The van der Waals surface area contributed by atoms with Crippen molar-refractivity contribution in [2.45, 2.75) is 63.6 Å². The van der Waals surface area contributed by atoms with Gasteiger partial charge in [0.05, 0.1) is 11.7 Å². The van der Waals surface area contributed by atoms with Gasteiger partial charge in [-0.2, -0.15) is 11.8 Å². The van der Waals surface area contributed by atoms with Crippen molar-refractivity contribution in [2.24, 2.45) is 5.92 Å². The van der Waals surface area contributed by atoms with Crippen LogP contribution in [0.1, 0.15) is 51.9 Å². The molecular formula is C14H26O2S. The number of thioether (sulfide) groups is 1. The highest BCUT2D eigenvalue weighted by atomic mass is 32.2. The van der Waals surface area contributed by atoms with Gasteiger partial charge in [0, 0.05) is 6.61 Å². The Labute approximate surface area is 110 Å². The van der Waals surface area contributed by atoms with Crippen LogP contribution in [0, 0.1) is 5.92 Å². The van der Waals surface area contributed by atoms with Crippen molar-refractivity contribution >= 4 is 11.8 Å². The van der Waals surface area contributed by atoms with Gasteiger partial charge in [-0.25, -0.2) is 0 Å². The minimum Gasteiger partial charge on any atom is -0.393 e. The van der Waals surface area contributed by atoms with E-state index in [0.717, 1.165) is 37.4 Å². The van der Waals surface area contributed by atoms with Crippen molar-refractivity contribution in [3.05, 3.63) is 0 Å². The lowest BCUT2D eigenvalue weighted by molar-refractivity contribution is -0.112. The van der Waals surface area contributed by atoms with Gasteiger partial charge in [0.2, 0.25) is 0 Å². The lowest BCUT2D eigenvalue weighted by Crippen LogP contribution is -2.41. The molecule has 0 bridgehead atoms. The van der Waals surface area contributed by atoms with Gasteiger partial charge in [-0.15, -0.1) is 0 Å². The molecule has 2 rings (SSSR count). The molecule has 0 amide bonds. The molecule has 1 heterocycles. The van der Waals surface area contributed by atoms with Gasteiger partial charge in [0.25, 0.3) is 0 Å².